The van der Waals surface area contributed by atoms with Crippen LogP contribution >= 0.6 is 12.6 Å². The highest BCUT2D eigenvalue weighted by Gasteiger charge is 1.92. The summed E-state index contributed by atoms with van der Waals surface area (Å²) in [6.07, 6.45) is 1.73. The molecule has 0 aliphatic carbocycles. The van der Waals surface area contributed by atoms with Gasteiger partial charge in [0.1, 0.15) is 0 Å². The lowest BCUT2D eigenvalue weighted by molar-refractivity contribution is -0.133. The molecule has 41 valence electrons. The van der Waals surface area contributed by atoms with Gasteiger partial charge in [-0.2, -0.15) is 12.6 Å². The van der Waals surface area contributed by atoms with Gasteiger partial charge in [-0.25, -0.2) is 0 Å². The number of hydrogen-bond acceptors (Lipinski definition) is 2. The number of carbonyl (C=O) groups is 1. The van der Waals surface area contributed by atoms with Crippen molar-refractivity contribution >= 4 is 18.6 Å². The molecule has 0 aliphatic heterocycles. The first-order valence-corrected chi connectivity index (χ1v) is 2.57. The molecule has 0 aromatic carbocycles. The Morgan fingerprint density at radius 2 is 2.43 bits per heavy atom. The minimum absolute atomic E-state index is 0.540. The van der Waals surface area contributed by atoms with Crippen LogP contribution in [0.3, 0.4) is 0 Å². The Balaban J connectivity index is 2.82. The Bertz CT molecular complexity index is 62.7. The Morgan fingerprint density at radius 3 is 2.57 bits per heavy atom. The van der Waals surface area contributed by atoms with Crippen molar-refractivity contribution in [3.05, 3.63) is 6.42 Å². The molecular formula is C4H7O2S. The van der Waals surface area contributed by atoms with E-state index in [4.69, 9.17) is 5.11 Å². The monoisotopic (exact) mass is 119 g/mol. The molecule has 0 aliphatic rings. The van der Waals surface area contributed by atoms with Gasteiger partial charge < -0.3 is 5.11 Å². The molecule has 0 rings (SSSR count). The van der Waals surface area contributed by atoms with E-state index in [1.165, 1.54) is 6.42 Å². The number of hydrogen-bond donors (Lipinski definition) is 2. The van der Waals surface area contributed by atoms with Crippen molar-refractivity contribution in [2.45, 2.75) is 6.42 Å². The van der Waals surface area contributed by atoms with Gasteiger partial charge in [0.05, 0.1) is 6.42 Å². The zero-order valence-corrected chi connectivity index (χ0v) is 4.69. The summed E-state index contributed by atoms with van der Waals surface area (Å²) in [5.74, 6) is -0.263. The van der Waals surface area contributed by atoms with Crippen LogP contribution in [0, 0.1) is 6.42 Å². The summed E-state index contributed by atoms with van der Waals surface area (Å²) in [5.41, 5.74) is 0. The van der Waals surface area contributed by atoms with E-state index < -0.39 is 5.97 Å². The summed E-state index contributed by atoms with van der Waals surface area (Å²) in [6.45, 7) is 0. The molecule has 0 heterocycles. The molecule has 0 atom stereocenters. The van der Waals surface area contributed by atoms with Crippen LogP contribution < -0.4 is 0 Å². The second-order valence-corrected chi connectivity index (χ2v) is 1.50. The van der Waals surface area contributed by atoms with Gasteiger partial charge >= 0.3 is 5.97 Å². The first-order valence-electron chi connectivity index (χ1n) is 1.94. The second kappa shape index (κ2) is 3.99. The Morgan fingerprint density at radius 1 is 1.86 bits per heavy atom. The van der Waals surface area contributed by atoms with Crippen LogP contribution in [0.2, 0.25) is 0 Å². The molecule has 0 saturated heterocycles. The maximum Gasteiger partial charge on any atom is 0.307 e. The minimum atomic E-state index is -0.867. The van der Waals surface area contributed by atoms with Gasteiger partial charge in [-0.3, -0.25) is 4.79 Å². The summed E-state index contributed by atoms with van der Waals surface area (Å²) < 4.78 is 0. The molecule has 0 unspecified atom stereocenters. The molecule has 3 heteroatoms. The third-order valence-corrected chi connectivity index (χ3v) is 0.706. The molecule has 0 aromatic heterocycles. The van der Waals surface area contributed by atoms with Crippen LogP contribution in [-0.4, -0.2) is 16.8 Å². The maximum atomic E-state index is 9.67. The molecule has 7 heavy (non-hydrogen) atoms. The van der Waals surface area contributed by atoms with Crippen molar-refractivity contribution in [1.29, 1.82) is 0 Å². The minimum Gasteiger partial charge on any atom is -0.481 e. The SMILES string of the molecule is O=C(O)[CH]CCS. The van der Waals surface area contributed by atoms with Crippen molar-refractivity contribution in [2.75, 3.05) is 5.75 Å². The van der Waals surface area contributed by atoms with E-state index in [-0.39, 0.29) is 0 Å². The zero-order valence-electron chi connectivity index (χ0n) is 3.79. The van der Waals surface area contributed by atoms with E-state index in [9.17, 15) is 4.79 Å². The number of carboxylic acid groups (broad SMARTS) is 1. The molecular weight excluding hydrogens is 112 g/mol. The van der Waals surface area contributed by atoms with E-state index in [1.807, 2.05) is 0 Å². The van der Waals surface area contributed by atoms with Crippen LogP contribution in [0.5, 0.6) is 0 Å². The van der Waals surface area contributed by atoms with E-state index in [0.29, 0.717) is 12.2 Å². The fraction of sp³-hybridized carbons (Fsp3) is 0.500. The number of carboxylic acids is 1. The number of rotatable bonds is 3. The molecule has 1 radical (unpaired) electrons. The third kappa shape index (κ3) is 5.82. The van der Waals surface area contributed by atoms with Gasteiger partial charge in [0, 0.05) is 0 Å². The number of thiol groups is 1. The molecule has 0 fully saturated rings. The summed E-state index contributed by atoms with van der Waals surface area (Å²) >= 11 is 3.80. The van der Waals surface area contributed by atoms with Gasteiger partial charge in [-0.05, 0) is 12.2 Å². The molecule has 1 N–H and O–H groups in total. The highest BCUT2D eigenvalue weighted by Crippen LogP contribution is 1.87. The molecule has 2 nitrogen and oxygen atoms in total. The predicted octanol–water partition coefficient (Wildman–Crippen LogP) is 0.595. The fourth-order valence-corrected chi connectivity index (χ4v) is 0.317. The lowest BCUT2D eigenvalue weighted by Gasteiger charge is -1.84. The van der Waals surface area contributed by atoms with E-state index in [1.54, 1.807) is 0 Å². The van der Waals surface area contributed by atoms with Crippen molar-refractivity contribution in [3.63, 3.8) is 0 Å². The van der Waals surface area contributed by atoms with E-state index in [0.717, 1.165) is 0 Å². The zero-order chi connectivity index (χ0) is 5.70. The smallest absolute Gasteiger partial charge is 0.307 e. The van der Waals surface area contributed by atoms with Gasteiger partial charge in [0.15, 0.2) is 0 Å². The van der Waals surface area contributed by atoms with Crippen LogP contribution in [-0.2, 0) is 4.79 Å². The van der Waals surface area contributed by atoms with Crippen LogP contribution in [0.25, 0.3) is 0 Å². The van der Waals surface area contributed by atoms with Crippen LogP contribution in [0.4, 0.5) is 0 Å². The predicted molar refractivity (Wildman–Crippen MR) is 30.4 cm³/mol. The van der Waals surface area contributed by atoms with E-state index >= 15 is 0 Å². The summed E-state index contributed by atoms with van der Waals surface area (Å²) in [4.78, 5) is 9.67. The lowest BCUT2D eigenvalue weighted by Crippen LogP contribution is -1.94. The van der Waals surface area contributed by atoms with Gasteiger partial charge in [-0.1, -0.05) is 0 Å². The average molecular weight is 119 g/mol. The van der Waals surface area contributed by atoms with Crippen molar-refractivity contribution in [3.8, 4) is 0 Å². The van der Waals surface area contributed by atoms with Gasteiger partial charge in [0.25, 0.3) is 0 Å². The fourth-order valence-electron chi connectivity index (χ4n) is 0.188. The van der Waals surface area contributed by atoms with Gasteiger partial charge in [0.2, 0.25) is 0 Å². The van der Waals surface area contributed by atoms with Gasteiger partial charge in [-0.15, -0.1) is 0 Å². The first-order chi connectivity index (χ1) is 3.27. The normalized spacial score (nSPS) is 8.71. The van der Waals surface area contributed by atoms with Crippen molar-refractivity contribution in [1.82, 2.24) is 0 Å². The second-order valence-electron chi connectivity index (χ2n) is 1.05. The van der Waals surface area contributed by atoms with Crippen LogP contribution in [0.15, 0.2) is 0 Å². The standard InChI is InChI=1S/C4H7O2S/c5-4(6)2-1-3-7/h2,7H,1,3H2,(H,5,6). The van der Waals surface area contributed by atoms with Crippen molar-refractivity contribution < 1.29 is 9.90 Å². The molecule has 0 saturated carbocycles. The highest BCUT2D eigenvalue weighted by molar-refractivity contribution is 7.80. The molecule has 0 amide bonds. The molecule has 0 aromatic rings. The topological polar surface area (TPSA) is 37.3 Å². The highest BCUT2D eigenvalue weighted by atomic mass is 32.1. The Labute approximate surface area is 47.9 Å². The lowest BCUT2D eigenvalue weighted by atomic mass is 10.3. The summed E-state index contributed by atoms with van der Waals surface area (Å²) in [6, 6.07) is 0. The average Bonchev–Trinajstić information content (AvgIpc) is 1.61. The number of aliphatic carboxylic acids is 1. The quantitative estimate of drug-likeness (QED) is 0.534. The molecule has 0 spiro atoms. The maximum absolute atomic E-state index is 9.67. The third-order valence-electron chi connectivity index (χ3n) is 0.448. The largest absolute Gasteiger partial charge is 0.481 e. The summed E-state index contributed by atoms with van der Waals surface area (Å²) in [7, 11) is 0. The van der Waals surface area contributed by atoms with Crippen molar-refractivity contribution in [2.24, 2.45) is 0 Å². The van der Waals surface area contributed by atoms with E-state index in [2.05, 4.69) is 12.6 Å². The summed E-state index contributed by atoms with van der Waals surface area (Å²) in [5, 5.41) is 7.96. The Kier molecular flexibility index (Phi) is 3.89. The first kappa shape index (κ1) is 6.82. The Hall–Kier alpha value is -0.180. The van der Waals surface area contributed by atoms with Crippen LogP contribution in [0.1, 0.15) is 6.42 Å². The molecule has 0 bridgehead atoms.